The van der Waals surface area contributed by atoms with Crippen LogP contribution < -0.4 is 16.0 Å². The molecule has 2 amide bonds. The van der Waals surface area contributed by atoms with E-state index in [1.54, 1.807) is 0 Å². The summed E-state index contributed by atoms with van der Waals surface area (Å²) < 4.78 is 13.2. The Labute approximate surface area is 190 Å². The molecule has 2 aromatic carbocycles. The number of piperidine rings is 1. The first-order valence-electron chi connectivity index (χ1n) is 11.1. The highest BCUT2D eigenvalue weighted by molar-refractivity contribution is 5.90. The summed E-state index contributed by atoms with van der Waals surface area (Å²) in [4.78, 5) is 14.5. The molecule has 1 aliphatic heterocycles. The van der Waals surface area contributed by atoms with Crippen LogP contribution >= 0.6 is 0 Å². The Morgan fingerprint density at radius 2 is 1.72 bits per heavy atom. The molecule has 1 aliphatic rings. The number of urea groups is 1. The molecule has 0 bridgehead atoms. The Morgan fingerprint density at radius 1 is 1.06 bits per heavy atom. The Balaban J connectivity index is 1.56. The summed E-state index contributed by atoms with van der Waals surface area (Å²) in [5.74, 6) is 0.249. The molecule has 0 atom stereocenters. The lowest BCUT2D eigenvalue weighted by atomic mass is 9.89. The van der Waals surface area contributed by atoms with Crippen LogP contribution in [0.1, 0.15) is 42.4 Å². The number of benzene rings is 2. The highest BCUT2D eigenvalue weighted by Gasteiger charge is 2.22. The van der Waals surface area contributed by atoms with Gasteiger partial charge in [0.05, 0.1) is 0 Å². The smallest absolute Gasteiger partial charge is 0.319 e. The molecule has 0 spiro atoms. The van der Waals surface area contributed by atoms with Crippen molar-refractivity contribution >= 4 is 17.4 Å². The maximum atomic E-state index is 13.2. The minimum Gasteiger partial charge on any atom is -0.387 e. The summed E-state index contributed by atoms with van der Waals surface area (Å²) in [6, 6.07) is 12.6. The number of amides is 2. The highest BCUT2D eigenvalue weighted by Crippen LogP contribution is 2.32. The lowest BCUT2D eigenvalue weighted by Gasteiger charge is -2.35. The summed E-state index contributed by atoms with van der Waals surface area (Å²) in [5, 5.41) is 8.86. The molecular formula is C26H33FN4O. The number of likely N-dealkylation sites (tertiary alicyclic amines) is 1. The van der Waals surface area contributed by atoms with Gasteiger partial charge in [0.1, 0.15) is 5.82 Å². The minimum absolute atomic E-state index is 0.194. The molecule has 1 heterocycles. The van der Waals surface area contributed by atoms with E-state index >= 15 is 0 Å². The quantitative estimate of drug-likeness (QED) is 0.497. The number of anilines is 1. The van der Waals surface area contributed by atoms with Crippen molar-refractivity contribution in [2.75, 3.05) is 31.5 Å². The number of rotatable bonds is 8. The number of allylic oxidation sites excluding steroid dienone is 1. The molecule has 2 aromatic rings. The standard InChI is InChI=1S/C26H33FN4O/c1-18(2)28-13-14-29-26(32)30-25-17-23(6-5-19(25)3)20(4)31-15-11-22(12-16-31)21-7-9-24(27)10-8-21/h5-10,17,22,28H,1,4,11-16H2,2-3H3,(H2,29,30,32). The van der Waals surface area contributed by atoms with Gasteiger partial charge in [-0.1, -0.05) is 37.4 Å². The lowest BCUT2D eigenvalue weighted by molar-refractivity contribution is 0.252. The zero-order chi connectivity index (χ0) is 23.1. The average molecular weight is 437 g/mol. The number of hydrogen-bond donors (Lipinski definition) is 3. The van der Waals surface area contributed by atoms with Gasteiger partial charge in [-0.25, -0.2) is 9.18 Å². The number of carbonyl (C=O) groups is 1. The molecule has 5 nitrogen and oxygen atoms in total. The van der Waals surface area contributed by atoms with Gasteiger partial charge < -0.3 is 20.9 Å². The second-order valence-corrected chi connectivity index (χ2v) is 8.38. The maximum Gasteiger partial charge on any atom is 0.319 e. The van der Waals surface area contributed by atoms with Crippen LogP contribution in [0.5, 0.6) is 0 Å². The fourth-order valence-electron chi connectivity index (χ4n) is 3.95. The molecule has 32 heavy (non-hydrogen) atoms. The summed E-state index contributed by atoms with van der Waals surface area (Å²) >= 11 is 0. The van der Waals surface area contributed by atoms with Gasteiger partial charge >= 0.3 is 6.03 Å². The Hall–Kier alpha value is -3.28. The minimum atomic E-state index is -0.237. The predicted molar refractivity (Wildman–Crippen MR) is 130 cm³/mol. The van der Waals surface area contributed by atoms with E-state index in [1.165, 1.54) is 17.7 Å². The monoisotopic (exact) mass is 436 g/mol. The van der Waals surface area contributed by atoms with Gasteiger partial charge in [0, 0.05) is 43.3 Å². The molecule has 0 saturated carbocycles. The lowest BCUT2D eigenvalue weighted by Crippen LogP contribution is -2.34. The van der Waals surface area contributed by atoms with Crippen LogP contribution in [-0.4, -0.2) is 37.1 Å². The number of nitrogens with zero attached hydrogens (tertiary/aromatic N) is 1. The zero-order valence-electron chi connectivity index (χ0n) is 19.0. The van der Waals surface area contributed by atoms with Crippen LogP contribution in [0.25, 0.3) is 5.70 Å². The van der Waals surface area contributed by atoms with Crippen molar-refractivity contribution in [2.45, 2.75) is 32.6 Å². The topological polar surface area (TPSA) is 56.4 Å². The van der Waals surface area contributed by atoms with Crippen molar-refractivity contribution in [3.05, 3.63) is 83.8 Å². The first-order valence-corrected chi connectivity index (χ1v) is 11.1. The van der Waals surface area contributed by atoms with Crippen molar-refractivity contribution in [1.82, 2.24) is 15.5 Å². The van der Waals surface area contributed by atoms with E-state index in [1.807, 2.05) is 44.2 Å². The van der Waals surface area contributed by atoms with E-state index < -0.39 is 0 Å². The van der Waals surface area contributed by atoms with E-state index in [9.17, 15) is 9.18 Å². The number of aryl methyl sites for hydroxylation is 1. The van der Waals surface area contributed by atoms with Crippen LogP contribution in [0.3, 0.4) is 0 Å². The Kier molecular flexibility index (Phi) is 7.92. The fourth-order valence-corrected chi connectivity index (χ4v) is 3.95. The number of halogens is 1. The van der Waals surface area contributed by atoms with E-state index in [-0.39, 0.29) is 11.8 Å². The van der Waals surface area contributed by atoms with Gasteiger partial charge in [-0.05, 0) is 67.5 Å². The first-order chi connectivity index (χ1) is 15.3. The van der Waals surface area contributed by atoms with Crippen LogP contribution in [0, 0.1) is 12.7 Å². The van der Waals surface area contributed by atoms with Crippen LogP contribution in [0.2, 0.25) is 0 Å². The van der Waals surface area contributed by atoms with Crippen molar-refractivity contribution in [3.63, 3.8) is 0 Å². The second kappa shape index (κ2) is 10.8. The molecule has 0 aromatic heterocycles. The van der Waals surface area contributed by atoms with Crippen molar-refractivity contribution in [1.29, 1.82) is 0 Å². The normalized spacial score (nSPS) is 14.0. The van der Waals surface area contributed by atoms with E-state index in [2.05, 4.69) is 34.0 Å². The third kappa shape index (κ3) is 6.36. The Bertz CT molecular complexity index is 962. The van der Waals surface area contributed by atoms with Gasteiger partial charge in [-0.2, -0.15) is 0 Å². The Morgan fingerprint density at radius 3 is 2.38 bits per heavy atom. The van der Waals surface area contributed by atoms with Gasteiger partial charge in [-0.15, -0.1) is 0 Å². The highest BCUT2D eigenvalue weighted by atomic mass is 19.1. The molecule has 0 radical (unpaired) electrons. The van der Waals surface area contributed by atoms with E-state index in [0.717, 1.165) is 54.1 Å². The molecule has 1 fully saturated rings. The number of nitrogens with one attached hydrogen (secondary N) is 3. The predicted octanol–water partition coefficient (Wildman–Crippen LogP) is 5.23. The fraction of sp³-hybridized carbons (Fsp3) is 0.346. The van der Waals surface area contributed by atoms with Crippen LogP contribution in [0.4, 0.5) is 14.9 Å². The summed E-state index contributed by atoms with van der Waals surface area (Å²) in [7, 11) is 0. The molecule has 3 rings (SSSR count). The third-order valence-corrected chi connectivity index (χ3v) is 5.87. The molecule has 1 saturated heterocycles. The van der Waals surface area contributed by atoms with Gasteiger partial charge in [0.2, 0.25) is 0 Å². The second-order valence-electron chi connectivity index (χ2n) is 8.38. The van der Waals surface area contributed by atoms with Gasteiger partial charge in [0.25, 0.3) is 0 Å². The van der Waals surface area contributed by atoms with Crippen LogP contribution in [0.15, 0.2) is 61.3 Å². The van der Waals surface area contributed by atoms with Crippen LogP contribution in [-0.2, 0) is 0 Å². The first kappa shape index (κ1) is 23.4. The molecule has 0 unspecified atom stereocenters. The molecule has 6 heteroatoms. The largest absolute Gasteiger partial charge is 0.387 e. The summed E-state index contributed by atoms with van der Waals surface area (Å²) in [6.45, 7) is 14.9. The zero-order valence-corrected chi connectivity index (χ0v) is 19.0. The molecule has 0 aliphatic carbocycles. The summed E-state index contributed by atoms with van der Waals surface area (Å²) in [5.41, 5.74) is 5.78. The van der Waals surface area contributed by atoms with E-state index in [4.69, 9.17) is 0 Å². The van der Waals surface area contributed by atoms with Gasteiger partial charge in [-0.3, -0.25) is 0 Å². The van der Waals surface area contributed by atoms with Crippen molar-refractivity contribution in [2.24, 2.45) is 0 Å². The number of carbonyl (C=O) groups excluding carboxylic acids is 1. The SMILES string of the molecule is C=C(C)NCCNC(=O)Nc1cc(C(=C)N2CCC(c3ccc(F)cc3)CC2)ccc1C. The molecule has 170 valence electrons. The van der Waals surface area contributed by atoms with Crippen molar-refractivity contribution in [3.8, 4) is 0 Å². The average Bonchev–Trinajstić information content (AvgIpc) is 2.78. The van der Waals surface area contributed by atoms with Crippen molar-refractivity contribution < 1.29 is 9.18 Å². The molecule has 3 N–H and O–H groups in total. The van der Waals surface area contributed by atoms with E-state index in [0.29, 0.717) is 19.0 Å². The van der Waals surface area contributed by atoms with Gasteiger partial charge in [0.15, 0.2) is 0 Å². The maximum absolute atomic E-state index is 13.2. The number of hydrogen-bond acceptors (Lipinski definition) is 3. The summed E-state index contributed by atoms with van der Waals surface area (Å²) in [6.07, 6.45) is 2.00. The third-order valence-electron chi connectivity index (χ3n) is 5.87. The molecular weight excluding hydrogens is 403 g/mol.